The second-order valence-electron chi connectivity index (χ2n) is 6.58. The lowest BCUT2D eigenvalue weighted by Gasteiger charge is -2.22. The number of amides is 1. The van der Waals surface area contributed by atoms with E-state index in [2.05, 4.69) is 9.97 Å². The zero-order valence-electron chi connectivity index (χ0n) is 15.6. The van der Waals surface area contributed by atoms with E-state index < -0.39 is 40.8 Å². The normalized spacial score (nSPS) is 10.5. The minimum absolute atomic E-state index is 0. The van der Waals surface area contributed by atoms with Crippen LogP contribution in [0.5, 0.6) is 0 Å². The van der Waals surface area contributed by atoms with Crippen molar-refractivity contribution in [3.8, 4) is 11.3 Å². The summed E-state index contributed by atoms with van der Waals surface area (Å²) in [6.45, 7) is -1.20. The first-order valence-electron chi connectivity index (χ1n) is 8.54. The van der Waals surface area contributed by atoms with Crippen molar-refractivity contribution < 1.29 is 30.8 Å². The van der Waals surface area contributed by atoms with E-state index in [0.717, 1.165) is 6.26 Å². The number of hydrogen-bond acceptors (Lipinski definition) is 6. The molecule has 1 N–H and O–H groups in total. The Balaban J connectivity index is -0.00000205. The molecule has 200 valence electrons. The summed E-state index contributed by atoms with van der Waals surface area (Å²) in [5.74, 6) is -2.50. The zero-order chi connectivity index (χ0) is 22.1. The Morgan fingerprint density at radius 2 is 1.71 bits per heavy atom. The van der Waals surface area contributed by atoms with Crippen LogP contribution in [-0.2, 0) is 21.2 Å². The van der Waals surface area contributed by atoms with E-state index in [1.54, 1.807) is 12.1 Å². The Bertz CT molecular complexity index is 1250. The van der Waals surface area contributed by atoms with E-state index in [1.807, 2.05) is 0 Å². The number of hydrogen-bond donors (Lipinski definition) is 1. The summed E-state index contributed by atoms with van der Waals surface area (Å²) in [6, 6.07) is 7.59. The van der Waals surface area contributed by atoms with Crippen molar-refractivity contribution in [2.75, 3.05) is 18.6 Å². The number of furan rings is 1. The number of benzene rings is 1. The fraction of sp³-hybridized carbons (Fsp3) is 0.435. The summed E-state index contributed by atoms with van der Waals surface area (Å²) in [5, 5.41) is 0.301. The molecule has 35 heavy (non-hydrogen) atoms. The molecule has 0 bridgehead atoms. The van der Waals surface area contributed by atoms with Crippen LogP contribution in [0, 0.1) is 0 Å². The van der Waals surface area contributed by atoms with Gasteiger partial charge in [0.05, 0.1) is 29.5 Å². The van der Waals surface area contributed by atoms with Crippen LogP contribution < -0.4 is 5.56 Å². The standard InChI is InChI=1S/C18H16F3N3O5S.5CH4/c1-30(27,28)7-6-24(17(26)18(19,20)21)9-12-3-5-15(29-12)11-2-4-14-13(8-11)16(25)23-10-22-14;;;;;/h2-5,8,10H,6-7,9H2,1H3,(H,22,23,25);5*1H4. The molecule has 1 aromatic carbocycles. The monoisotopic (exact) mass is 523 g/mol. The fourth-order valence-electron chi connectivity index (χ4n) is 2.74. The van der Waals surface area contributed by atoms with E-state index >= 15 is 0 Å². The molecule has 0 atom stereocenters. The molecule has 2 aromatic heterocycles. The summed E-state index contributed by atoms with van der Waals surface area (Å²) >= 11 is 0. The number of sulfone groups is 1. The molecule has 0 spiro atoms. The third-order valence-corrected chi connectivity index (χ3v) is 5.12. The third kappa shape index (κ3) is 9.19. The molecule has 12 heteroatoms. The SMILES string of the molecule is C.C.C.C.C.CS(=O)(=O)CCN(Cc1ccc(-c2ccc3nc[nH]c(=O)c3c2)o1)C(=O)C(F)(F)F. The van der Waals surface area contributed by atoms with Crippen molar-refractivity contribution >= 4 is 26.6 Å². The van der Waals surface area contributed by atoms with Crippen LogP contribution >= 0.6 is 0 Å². The van der Waals surface area contributed by atoms with Crippen LogP contribution in [0.3, 0.4) is 0 Å². The van der Waals surface area contributed by atoms with Crippen LogP contribution in [0.25, 0.3) is 22.2 Å². The van der Waals surface area contributed by atoms with Gasteiger partial charge in [-0.15, -0.1) is 0 Å². The van der Waals surface area contributed by atoms with Gasteiger partial charge >= 0.3 is 12.1 Å². The van der Waals surface area contributed by atoms with Crippen LogP contribution in [0.4, 0.5) is 13.2 Å². The second kappa shape index (κ2) is 13.7. The van der Waals surface area contributed by atoms with Gasteiger partial charge in [-0.25, -0.2) is 13.4 Å². The van der Waals surface area contributed by atoms with Crippen molar-refractivity contribution in [2.24, 2.45) is 0 Å². The quantitative estimate of drug-likeness (QED) is 0.469. The third-order valence-electron chi connectivity index (χ3n) is 4.20. The van der Waals surface area contributed by atoms with Crippen molar-refractivity contribution in [3.63, 3.8) is 0 Å². The molecule has 1 amide bonds. The highest BCUT2D eigenvalue weighted by Crippen LogP contribution is 2.26. The topological polar surface area (TPSA) is 113 Å². The number of carbonyl (C=O) groups is 1. The minimum Gasteiger partial charge on any atom is -0.459 e. The lowest BCUT2D eigenvalue weighted by molar-refractivity contribution is -0.186. The summed E-state index contributed by atoms with van der Waals surface area (Å²) in [4.78, 5) is 30.4. The molecule has 0 aliphatic carbocycles. The number of H-pyrrole nitrogens is 1. The first-order valence-corrected chi connectivity index (χ1v) is 10.6. The average Bonchev–Trinajstić information content (AvgIpc) is 3.12. The van der Waals surface area contributed by atoms with E-state index in [-0.39, 0.29) is 54.2 Å². The van der Waals surface area contributed by atoms with Crippen LogP contribution in [0.15, 0.2) is 45.9 Å². The fourth-order valence-corrected chi connectivity index (χ4v) is 3.29. The van der Waals surface area contributed by atoms with E-state index in [0.29, 0.717) is 21.4 Å². The van der Waals surface area contributed by atoms with Gasteiger partial charge < -0.3 is 14.3 Å². The number of fused-ring (bicyclic) bond motifs is 1. The molecule has 3 aromatic rings. The minimum atomic E-state index is -5.15. The van der Waals surface area contributed by atoms with Gasteiger partial charge in [-0.3, -0.25) is 9.59 Å². The Labute approximate surface area is 205 Å². The number of halogens is 3. The number of nitrogens with zero attached hydrogens (tertiary/aromatic N) is 2. The van der Waals surface area contributed by atoms with Crippen LogP contribution in [0.2, 0.25) is 0 Å². The highest BCUT2D eigenvalue weighted by Gasteiger charge is 2.42. The predicted octanol–water partition coefficient (Wildman–Crippen LogP) is 5.30. The smallest absolute Gasteiger partial charge is 0.459 e. The first kappa shape index (κ1) is 36.4. The molecular weight excluding hydrogens is 487 g/mol. The molecule has 0 fully saturated rings. The summed E-state index contributed by atoms with van der Waals surface area (Å²) in [6.07, 6.45) is -3.03. The van der Waals surface area contributed by atoms with Gasteiger partial charge in [0.1, 0.15) is 21.4 Å². The Morgan fingerprint density at radius 1 is 1.09 bits per heavy atom. The van der Waals surface area contributed by atoms with Gasteiger partial charge in [-0.05, 0) is 30.3 Å². The largest absolute Gasteiger partial charge is 0.471 e. The molecular formula is C23H36F3N3O5S. The number of alkyl halides is 3. The summed E-state index contributed by atoms with van der Waals surface area (Å²) < 4.78 is 66.8. The Morgan fingerprint density at radius 3 is 2.29 bits per heavy atom. The van der Waals surface area contributed by atoms with Crippen molar-refractivity contribution in [1.29, 1.82) is 0 Å². The molecule has 2 heterocycles. The molecule has 0 aliphatic heterocycles. The zero-order valence-corrected chi connectivity index (χ0v) is 16.4. The van der Waals surface area contributed by atoms with Gasteiger partial charge in [-0.2, -0.15) is 13.2 Å². The first-order chi connectivity index (χ1) is 13.9. The maximum Gasteiger partial charge on any atom is 0.471 e. The number of aromatic amines is 1. The maximum atomic E-state index is 12.9. The molecule has 0 aliphatic rings. The van der Waals surface area contributed by atoms with E-state index in [9.17, 15) is 31.2 Å². The van der Waals surface area contributed by atoms with E-state index in [4.69, 9.17) is 4.42 Å². The van der Waals surface area contributed by atoms with Crippen molar-refractivity contribution in [1.82, 2.24) is 14.9 Å². The Kier molecular flexibility index (Phi) is 14.2. The van der Waals surface area contributed by atoms with Crippen LogP contribution in [0.1, 0.15) is 42.9 Å². The number of aromatic nitrogens is 2. The molecule has 3 rings (SSSR count). The number of nitrogens with one attached hydrogen (secondary N) is 1. The van der Waals surface area contributed by atoms with Gasteiger partial charge in [0.25, 0.3) is 5.56 Å². The molecule has 0 saturated carbocycles. The summed E-state index contributed by atoms with van der Waals surface area (Å²) in [5.41, 5.74) is 0.574. The van der Waals surface area contributed by atoms with Crippen LogP contribution in [-0.4, -0.2) is 53.9 Å². The lowest BCUT2D eigenvalue weighted by atomic mass is 10.1. The number of rotatable bonds is 6. The van der Waals surface area contributed by atoms with Gasteiger partial charge in [0.15, 0.2) is 0 Å². The van der Waals surface area contributed by atoms with Crippen molar-refractivity contribution in [3.05, 3.63) is 52.8 Å². The number of carbonyl (C=O) groups excluding carboxylic acids is 1. The molecule has 0 radical (unpaired) electrons. The molecule has 8 nitrogen and oxygen atoms in total. The van der Waals surface area contributed by atoms with Gasteiger partial charge in [0.2, 0.25) is 0 Å². The average molecular weight is 524 g/mol. The molecule has 0 unspecified atom stereocenters. The highest BCUT2D eigenvalue weighted by atomic mass is 32.2. The van der Waals surface area contributed by atoms with Gasteiger partial charge in [-0.1, -0.05) is 37.1 Å². The highest BCUT2D eigenvalue weighted by molar-refractivity contribution is 7.90. The molecule has 0 saturated heterocycles. The predicted molar refractivity (Wildman–Crippen MR) is 135 cm³/mol. The van der Waals surface area contributed by atoms with E-state index in [1.165, 1.54) is 24.5 Å². The van der Waals surface area contributed by atoms with Crippen molar-refractivity contribution in [2.45, 2.75) is 49.9 Å². The lowest BCUT2D eigenvalue weighted by Crippen LogP contribution is -2.42. The summed E-state index contributed by atoms with van der Waals surface area (Å²) in [7, 11) is -3.58. The second-order valence-corrected chi connectivity index (χ2v) is 8.84. The maximum absolute atomic E-state index is 12.9. The van der Waals surface area contributed by atoms with Gasteiger partial charge in [0, 0.05) is 18.4 Å². The Hall–Kier alpha value is -3.15.